The highest BCUT2D eigenvalue weighted by Crippen LogP contribution is 2.40. The normalized spacial score (nSPS) is 26.2. The number of hydrogen-bond donors (Lipinski definition) is 1. The van der Waals surface area contributed by atoms with Crippen LogP contribution in [0.3, 0.4) is 0 Å². The van der Waals surface area contributed by atoms with Crippen LogP contribution in [0.1, 0.15) is 20.3 Å². The molecule has 0 spiro atoms. The Hall–Kier alpha value is -1.11. The second-order valence-corrected chi connectivity index (χ2v) is 7.41. The van der Waals surface area contributed by atoms with Gasteiger partial charge in [-0.3, -0.25) is 9.59 Å². The van der Waals surface area contributed by atoms with E-state index in [9.17, 15) is 18.0 Å². The van der Waals surface area contributed by atoms with Gasteiger partial charge < -0.3 is 10.0 Å². The lowest BCUT2D eigenvalue weighted by Gasteiger charge is -2.29. The molecular formula is C11H19NO5S. The van der Waals surface area contributed by atoms with Gasteiger partial charge in [0.15, 0.2) is 9.84 Å². The maximum Gasteiger partial charge on any atom is 0.307 e. The Morgan fingerprint density at radius 3 is 2.11 bits per heavy atom. The predicted octanol–water partition coefficient (Wildman–Crippen LogP) is -0.0129. The molecule has 0 aliphatic heterocycles. The number of hydrogen-bond acceptors (Lipinski definition) is 4. The molecule has 1 rings (SSSR count). The molecule has 0 aromatic rings. The van der Waals surface area contributed by atoms with Gasteiger partial charge in [-0.05, 0) is 20.3 Å². The molecule has 0 unspecified atom stereocenters. The summed E-state index contributed by atoms with van der Waals surface area (Å²) in [6.07, 6.45) is 1.47. The monoisotopic (exact) mass is 277 g/mol. The number of carbonyl (C=O) groups excluding carboxylic acids is 1. The fourth-order valence-corrected chi connectivity index (χ4v) is 2.77. The SMILES string of the molecule is C[C@H]([C@H](C)S(C)(=O)=O)N(C)C(=O)[C@@H]1C[C@@H]1C(=O)O. The minimum absolute atomic E-state index is 0.287. The summed E-state index contributed by atoms with van der Waals surface area (Å²) in [5.74, 6) is -2.36. The Bertz CT molecular complexity index is 458. The molecule has 1 aliphatic carbocycles. The van der Waals surface area contributed by atoms with Gasteiger partial charge in [-0.2, -0.15) is 0 Å². The molecule has 0 heterocycles. The number of amides is 1. The summed E-state index contributed by atoms with van der Waals surface area (Å²) in [4.78, 5) is 24.0. The minimum atomic E-state index is -3.23. The van der Waals surface area contributed by atoms with Crippen LogP contribution < -0.4 is 0 Å². The molecule has 1 fully saturated rings. The van der Waals surface area contributed by atoms with E-state index in [2.05, 4.69) is 0 Å². The van der Waals surface area contributed by atoms with Crippen molar-refractivity contribution in [2.24, 2.45) is 11.8 Å². The smallest absolute Gasteiger partial charge is 0.307 e. The molecule has 1 saturated carbocycles. The summed E-state index contributed by atoms with van der Waals surface area (Å²) in [6.45, 7) is 3.20. The molecule has 1 amide bonds. The van der Waals surface area contributed by atoms with E-state index in [1.165, 1.54) is 11.9 Å². The number of carbonyl (C=O) groups is 2. The van der Waals surface area contributed by atoms with Crippen LogP contribution in [0.25, 0.3) is 0 Å². The Morgan fingerprint density at radius 2 is 1.78 bits per heavy atom. The van der Waals surface area contributed by atoms with Gasteiger partial charge in [0.25, 0.3) is 0 Å². The minimum Gasteiger partial charge on any atom is -0.481 e. The fraction of sp³-hybridized carbons (Fsp3) is 0.818. The first-order valence-corrected chi connectivity index (χ1v) is 7.71. The molecule has 4 atom stereocenters. The zero-order valence-electron chi connectivity index (χ0n) is 11.0. The van der Waals surface area contributed by atoms with Crippen LogP contribution >= 0.6 is 0 Å². The maximum absolute atomic E-state index is 12.0. The molecule has 0 radical (unpaired) electrons. The van der Waals surface area contributed by atoms with Gasteiger partial charge >= 0.3 is 5.97 Å². The summed E-state index contributed by atoms with van der Waals surface area (Å²) in [5, 5.41) is 8.09. The summed E-state index contributed by atoms with van der Waals surface area (Å²) in [7, 11) is -1.71. The van der Waals surface area contributed by atoms with E-state index < -0.39 is 38.9 Å². The van der Waals surface area contributed by atoms with Crippen molar-refractivity contribution in [3.63, 3.8) is 0 Å². The zero-order valence-corrected chi connectivity index (χ0v) is 11.8. The first-order valence-electron chi connectivity index (χ1n) is 5.75. The van der Waals surface area contributed by atoms with Gasteiger partial charge in [0.1, 0.15) is 0 Å². The quantitative estimate of drug-likeness (QED) is 0.763. The van der Waals surface area contributed by atoms with Gasteiger partial charge in [0.05, 0.1) is 17.1 Å². The number of rotatable bonds is 5. The van der Waals surface area contributed by atoms with E-state index in [4.69, 9.17) is 5.11 Å². The van der Waals surface area contributed by atoms with Crippen molar-refractivity contribution in [3.8, 4) is 0 Å². The molecule has 104 valence electrons. The van der Waals surface area contributed by atoms with Gasteiger partial charge in [-0.25, -0.2) is 8.42 Å². The van der Waals surface area contributed by atoms with Crippen molar-refractivity contribution in [2.75, 3.05) is 13.3 Å². The van der Waals surface area contributed by atoms with Crippen molar-refractivity contribution in [1.29, 1.82) is 0 Å². The van der Waals surface area contributed by atoms with Crippen molar-refractivity contribution in [2.45, 2.75) is 31.6 Å². The number of carboxylic acid groups (broad SMARTS) is 1. The molecule has 6 nitrogen and oxygen atoms in total. The van der Waals surface area contributed by atoms with E-state index >= 15 is 0 Å². The summed E-state index contributed by atoms with van der Waals surface area (Å²) in [6, 6.07) is -0.470. The molecule has 0 aromatic heterocycles. The first-order chi connectivity index (χ1) is 8.07. The largest absolute Gasteiger partial charge is 0.481 e. The predicted molar refractivity (Wildman–Crippen MR) is 65.8 cm³/mol. The van der Waals surface area contributed by atoms with E-state index in [1.54, 1.807) is 13.8 Å². The third kappa shape index (κ3) is 3.01. The van der Waals surface area contributed by atoms with Gasteiger partial charge in [-0.1, -0.05) is 0 Å². The van der Waals surface area contributed by atoms with Crippen molar-refractivity contribution in [1.82, 2.24) is 4.90 Å². The molecule has 18 heavy (non-hydrogen) atoms. The number of aliphatic carboxylic acids is 1. The van der Waals surface area contributed by atoms with E-state index in [0.29, 0.717) is 6.42 Å². The fourth-order valence-electron chi connectivity index (χ4n) is 1.88. The summed E-state index contributed by atoms with van der Waals surface area (Å²) in [5.41, 5.74) is 0. The highest BCUT2D eigenvalue weighted by molar-refractivity contribution is 7.91. The maximum atomic E-state index is 12.0. The summed E-state index contributed by atoms with van der Waals surface area (Å²) >= 11 is 0. The second-order valence-electron chi connectivity index (χ2n) is 5.01. The Labute approximate surface area is 107 Å². The zero-order chi connectivity index (χ0) is 14.2. The summed E-state index contributed by atoms with van der Waals surface area (Å²) < 4.78 is 22.9. The Balaban J connectivity index is 2.68. The molecule has 1 N–H and O–H groups in total. The van der Waals surface area contributed by atoms with Crippen LogP contribution in [0.15, 0.2) is 0 Å². The average Bonchev–Trinajstić information content (AvgIpc) is 3.03. The number of nitrogens with zero attached hydrogens (tertiary/aromatic N) is 1. The standard InChI is InChI=1S/C11H19NO5S/c1-6(7(2)18(4,16)17)12(3)10(13)8-5-9(8)11(14)15/h6-9H,5H2,1-4H3,(H,14,15)/t6-,7+,8-,9+/m1/s1. The lowest BCUT2D eigenvalue weighted by molar-refractivity contribution is -0.142. The topological polar surface area (TPSA) is 91.8 Å². The van der Waals surface area contributed by atoms with E-state index in [1.807, 2.05) is 0 Å². The van der Waals surface area contributed by atoms with Crippen molar-refractivity contribution in [3.05, 3.63) is 0 Å². The van der Waals surface area contributed by atoms with Crippen LogP contribution in [0.5, 0.6) is 0 Å². The highest BCUT2D eigenvalue weighted by atomic mass is 32.2. The van der Waals surface area contributed by atoms with Gasteiger partial charge in [0, 0.05) is 19.3 Å². The third-order valence-corrected chi connectivity index (χ3v) is 5.48. The van der Waals surface area contributed by atoms with E-state index in [0.717, 1.165) is 6.26 Å². The highest BCUT2D eigenvalue weighted by Gasteiger charge is 2.50. The van der Waals surface area contributed by atoms with Gasteiger partial charge in [0.2, 0.25) is 5.91 Å². The number of sulfone groups is 1. The molecule has 7 heteroatoms. The lowest BCUT2D eigenvalue weighted by atomic mass is 10.2. The third-order valence-electron chi connectivity index (χ3n) is 3.74. The first kappa shape index (κ1) is 14.9. The van der Waals surface area contributed by atoms with Crippen LogP contribution in [0.2, 0.25) is 0 Å². The van der Waals surface area contributed by atoms with Crippen molar-refractivity contribution < 1.29 is 23.1 Å². The molecule has 0 bridgehead atoms. The lowest BCUT2D eigenvalue weighted by Crippen LogP contribution is -2.45. The Morgan fingerprint density at radius 1 is 1.28 bits per heavy atom. The molecular weight excluding hydrogens is 258 g/mol. The van der Waals surface area contributed by atoms with Crippen LogP contribution in [-0.2, 0) is 19.4 Å². The molecule has 0 aromatic carbocycles. The average molecular weight is 277 g/mol. The van der Waals surface area contributed by atoms with Crippen LogP contribution in [0, 0.1) is 11.8 Å². The molecule has 0 saturated heterocycles. The van der Waals surface area contributed by atoms with E-state index in [-0.39, 0.29) is 5.91 Å². The molecule has 1 aliphatic rings. The number of carboxylic acids is 1. The Kier molecular flexibility index (Phi) is 4.05. The van der Waals surface area contributed by atoms with Crippen LogP contribution in [0.4, 0.5) is 0 Å². The van der Waals surface area contributed by atoms with Gasteiger partial charge in [-0.15, -0.1) is 0 Å². The second kappa shape index (κ2) is 4.87. The van der Waals surface area contributed by atoms with Crippen molar-refractivity contribution >= 4 is 21.7 Å². The van der Waals surface area contributed by atoms with Crippen LogP contribution in [-0.4, -0.2) is 54.9 Å².